The second-order valence-corrected chi connectivity index (χ2v) is 4.70. The summed E-state index contributed by atoms with van der Waals surface area (Å²) in [5.74, 6) is -2.09. The number of nitrogens with one attached hydrogen (secondary N) is 2. The third-order valence-corrected chi connectivity index (χ3v) is 2.79. The minimum Gasteiger partial charge on any atom is -0.480 e. The first-order valence-corrected chi connectivity index (χ1v) is 6.49. The predicted octanol–water partition coefficient (Wildman–Crippen LogP) is 0.165. The molecule has 0 heterocycles. The van der Waals surface area contributed by atoms with Gasteiger partial charge in [-0.05, 0) is 18.9 Å². The maximum atomic E-state index is 11.6. The summed E-state index contributed by atoms with van der Waals surface area (Å²) < 4.78 is 0. The summed E-state index contributed by atoms with van der Waals surface area (Å²) in [6.45, 7) is 2.34. The van der Waals surface area contributed by atoms with Crippen molar-refractivity contribution in [1.29, 1.82) is 0 Å². The molecule has 1 rings (SSSR count). The molecular formula is C14H19N3O4. The minimum absolute atomic E-state index is 0.359. The van der Waals surface area contributed by atoms with Gasteiger partial charge in [-0.1, -0.05) is 29.8 Å². The Morgan fingerprint density at radius 3 is 2.62 bits per heavy atom. The second-order valence-electron chi connectivity index (χ2n) is 4.70. The molecule has 0 aliphatic rings. The first kappa shape index (κ1) is 16.5. The van der Waals surface area contributed by atoms with Crippen molar-refractivity contribution in [3.05, 3.63) is 35.4 Å². The smallest absolute Gasteiger partial charge is 0.326 e. The summed E-state index contributed by atoms with van der Waals surface area (Å²) in [4.78, 5) is 33.1. The van der Waals surface area contributed by atoms with Crippen LogP contribution in [0.25, 0.3) is 0 Å². The SMILES string of the molecule is Cc1cccc(CCNC(=O)N[C@H](CC(N)=O)C(=O)O)c1. The number of hydrogen-bond acceptors (Lipinski definition) is 3. The molecule has 114 valence electrons. The van der Waals surface area contributed by atoms with Crippen LogP contribution in [0.1, 0.15) is 17.5 Å². The van der Waals surface area contributed by atoms with Crippen molar-refractivity contribution >= 4 is 17.9 Å². The van der Waals surface area contributed by atoms with E-state index in [9.17, 15) is 14.4 Å². The van der Waals surface area contributed by atoms with Crippen LogP contribution in [0.15, 0.2) is 24.3 Å². The molecule has 0 aliphatic carbocycles. The van der Waals surface area contributed by atoms with E-state index in [-0.39, 0.29) is 0 Å². The summed E-state index contributed by atoms with van der Waals surface area (Å²) in [7, 11) is 0. The highest BCUT2D eigenvalue weighted by Gasteiger charge is 2.21. The standard InChI is InChI=1S/C14H19N3O4/c1-9-3-2-4-10(7-9)5-6-16-14(21)17-11(13(19)20)8-12(15)18/h2-4,7,11H,5-6,8H2,1H3,(H2,15,18)(H,19,20)(H2,16,17,21)/t11-/m1/s1. The third kappa shape index (κ3) is 6.42. The van der Waals surface area contributed by atoms with Gasteiger partial charge in [-0.25, -0.2) is 9.59 Å². The molecule has 0 aromatic heterocycles. The molecule has 21 heavy (non-hydrogen) atoms. The maximum Gasteiger partial charge on any atom is 0.326 e. The summed E-state index contributed by atoms with van der Waals surface area (Å²) in [5, 5.41) is 13.6. The fraction of sp³-hybridized carbons (Fsp3) is 0.357. The van der Waals surface area contributed by atoms with Gasteiger partial charge in [0.25, 0.3) is 0 Å². The number of hydrogen-bond donors (Lipinski definition) is 4. The Morgan fingerprint density at radius 1 is 1.33 bits per heavy atom. The van der Waals surface area contributed by atoms with Crippen LogP contribution in [-0.4, -0.2) is 35.6 Å². The van der Waals surface area contributed by atoms with Crippen LogP contribution in [0.4, 0.5) is 4.79 Å². The molecule has 3 amide bonds. The topological polar surface area (TPSA) is 122 Å². The van der Waals surface area contributed by atoms with Gasteiger partial charge in [0, 0.05) is 6.54 Å². The van der Waals surface area contributed by atoms with E-state index in [1.807, 2.05) is 31.2 Å². The number of aryl methyl sites for hydroxylation is 1. The summed E-state index contributed by atoms with van der Waals surface area (Å²) >= 11 is 0. The van der Waals surface area contributed by atoms with Crippen molar-refractivity contribution in [2.75, 3.05) is 6.54 Å². The number of carboxylic acids is 1. The van der Waals surface area contributed by atoms with E-state index in [0.717, 1.165) is 11.1 Å². The molecule has 0 spiro atoms. The molecule has 7 nitrogen and oxygen atoms in total. The Labute approximate surface area is 122 Å². The highest BCUT2D eigenvalue weighted by molar-refractivity contribution is 5.87. The van der Waals surface area contributed by atoms with E-state index < -0.39 is 30.4 Å². The third-order valence-electron chi connectivity index (χ3n) is 2.79. The zero-order valence-electron chi connectivity index (χ0n) is 11.8. The number of rotatable bonds is 7. The number of carboxylic acid groups (broad SMARTS) is 1. The molecular weight excluding hydrogens is 274 g/mol. The fourth-order valence-electron chi connectivity index (χ4n) is 1.80. The number of primary amides is 1. The molecule has 0 bridgehead atoms. The van der Waals surface area contributed by atoms with Gasteiger partial charge < -0.3 is 21.5 Å². The van der Waals surface area contributed by atoms with E-state index in [1.54, 1.807) is 0 Å². The summed E-state index contributed by atoms with van der Waals surface area (Å²) in [6, 6.07) is 5.90. The van der Waals surface area contributed by atoms with Gasteiger partial charge >= 0.3 is 12.0 Å². The van der Waals surface area contributed by atoms with Gasteiger partial charge in [0.05, 0.1) is 6.42 Å². The zero-order valence-corrected chi connectivity index (χ0v) is 11.8. The van der Waals surface area contributed by atoms with E-state index in [0.29, 0.717) is 13.0 Å². The van der Waals surface area contributed by atoms with Crippen LogP contribution in [0.5, 0.6) is 0 Å². The molecule has 0 saturated heterocycles. The maximum absolute atomic E-state index is 11.6. The first-order valence-electron chi connectivity index (χ1n) is 6.49. The van der Waals surface area contributed by atoms with Gasteiger partial charge in [-0.3, -0.25) is 4.79 Å². The summed E-state index contributed by atoms with van der Waals surface area (Å²) in [6.07, 6.45) is 0.184. The van der Waals surface area contributed by atoms with Crippen molar-refractivity contribution in [2.45, 2.75) is 25.8 Å². The predicted molar refractivity (Wildman–Crippen MR) is 76.7 cm³/mol. The molecule has 5 N–H and O–H groups in total. The second kappa shape index (κ2) is 7.88. The molecule has 0 unspecified atom stereocenters. The fourth-order valence-corrected chi connectivity index (χ4v) is 1.80. The Kier molecular flexibility index (Phi) is 6.19. The number of carbonyl (C=O) groups is 3. The van der Waals surface area contributed by atoms with Crippen molar-refractivity contribution < 1.29 is 19.5 Å². The lowest BCUT2D eigenvalue weighted by atomic mass is 10.1. The Morgan fingerprint density at radius 2 is 2.05 bits per heavy atom. The summed E-state index contributed by atoms with van der Waals surface area (Å²) in [5.41, 5.74) is 7.12. The first-order chi connectivity index (χ1) is 9.88. The van der Waals surface area contributed by atoms with E-state index >= 15 is 0 Å². The van der Waals surface area contributed by atoms with Crippen LogP contribution in [0, 0.1) is 6.92 Å². The number of urea groups is 1. The number of amides is 3. The average Bonchev–Trinajstić information content (AvgIpc) is 2.37. The van der Waals surface area contributed by atoms with Gasteiger partial charge in [-0.15, -0.1) is 0 Å². The quantitative estimate of drug-likeness (QED) is 0.572. The van der Waals surface area contributed by atoms with Crippen LogP contribution in [-0.2, 0) is 16.0 Å². The Bertz CT molecular complexity index is 531. The zero-order chi connectivity index (χ0) is 15.8. The normalized spacial score (nSPS) is 11.5. The Hall–Kier alpha value is -2.57. The molecule has 0 saturated carbocycles. The number of benzene rings is 1. The van der Waals surface area contributed by atoms with Crippen molar-refractivity contribution in [2.24, 2.45) is 5.73 Å². The van der Waals surface area contributed by atoms with Crippen molar-refractivity contribution in [1.82, 2.24) is 10.6 Å². The van der Waals surface area contributed by atoms with Crippen molar-refractivity contribution in [3.8, 4) is 0 Å². The van der Waals surface area contributed by atoms with Crippen LogP contribution in [0.2, 0.25) is 0 Å². The molecule has 1 atom stereocenters. The highest BCUT2D eigenvalue weighted by Crippen LogP contribution is 2.03. The van der Waals surface area contributed by atoms with Gasteiger partial charge in [0.15, 0.2) is 0 Å². The lowest BCUT2D eigenvalue weighted by Crippen LogP contribution is -2.48. The van der Waals surface area contributed by atoms with Gasteiger partial charge in [0.2, 0.25) is 5.91 Å². The molecule has 1 aromatic carbocycles. The van der Waals surface area contributed by atoms with Gasteiger partial charge in [0.1, 0.15) is 6.04 Å². The number of aliphatic carboxylic acids is 1. The van der Waals surface area contributed by atoms with Gasteiger partial charge in [-0.2, -0.15) is 0 Å². The molecule has 0 radical (unpaired) electrons. The van der Waals surface area contributed by atoms with E-state index in [4.69, 9.17) is 10.8 Å². The average molecular weight is 293 g/mol. The largest absolute Gasteiger partial charge is 0.480 e. The molecule has 1 aromatic rings. The van der Waals surface area contributed by atoms with E-state index in [1.165, 1.54) is 0 Å². The van der Waals surface area contributed by atoms with Crippen molar-refractivity contribution in [3.63, 3.8) is 0 Å². The molecule has 0 aliphatic heterocycles. The monoisotopic (exact) mass is 293 g/mol. The minimum atomic E-state index is -1.32. The highest BCUT2D eigenvalue weighted by atomic mass is 16.4. The lowest BCUT2D eigenvalue weighted by Gasteiger charge is -2.13. The number of nitrogens with two attached hydrogens (primary N) is 1. The van der Waals surface area contributed by atoms with Crippen LogP contribution in [0.3, 0.4) is 0 Å². The van der Waals surface area contributed by atoms with Crippen LogP contribution < -0.4 is 16.4 Å². The van der Waals surface area contributed by atoms with E-state index in [2.05, 4.69) is 10.6 Å². The lowest BCUT2D eigenvalue weighted by molar-refractivity contribution is -0.140. The van der Waals surface area contributed by atoms with Crippen LogP contribution >= 0.6 is 0 Å². The molecule has 0 fully saturated rings. The molecule has 7 heteroatoms. The Balaban J connectivity index is 2.39. The number of carbonyl (C=O) groups excluding carboxylic acids is 2.